The van der Waals surface area contributed by atoms with Crippen LogP contribution in [0.4, 0.5) is 5.69 Å². The van der Waals surface area contributed by atoms with Gasteiger partial charge in [-0.2, -0.15) is 0 Å². The van der Waals surface area contributed by atoms with Crippen molar-refractivity contribution in [1.82, 2.24) is 5.32 Å². The fourth-order valence-electron chi connectivity index (χ4n) is 3.22. The van der Waals surface area contributed by atoms with Crippen LogP contribution >= 0.6 is 23.2 Å². The van der Waals surface area contributed by atoms with Crippen LogP contribution in [-0.4, -0.2) is 39.8 Å². The molecule has 1 amide bonds. The first-order chi connectivity index (χ1) is 14.1. The molecule has 1 aliphatic heterocycles. The Labute approximate surface area is 185 Å². The van der Waals surface area contributed by atoms with Crippen LogP contribution in [0.2, 0.25) is 10.0 Å². The maximum Gasteiger partial charge on any atom is 0.244 e. The number of nitrogens with one attached hydrogen (secondary N) is 1. The third-order valence-electron chi connectivity index (χ3n) is 4.62. The Bertz CT molecular complexity index is 1040. The summed E-state index contributed by atoms with van der Waals surface area (Å²) in [6.45, 7) is 4.25. The number of hydrogen-bond acceptors (Lipinski definition) is 5. The molecular weight excluding hydrogens is 451 g/mol. The number of rotatable bonds is 6. The number of fused-ring (bicyclic) bond motifs is 1. The number of nitrogens with zero attached hydrogens (tertiary/aromatic N) is 1. The number of hydrogen-bond donors (Lipinski definition) is 1. The molecule has 2 aromatic rings. The molecule has 0 unspecified atom stereocenters. The Balaban J connectivity index is 1.81. The van der Waals surface area contributed by atoms with Crippen LogP contribution in [0.5, 0.6) is 11.5 Å². The largest absolute Gasteiger partial charge is 0.486 e. The summed E-state index contributed by atoms with van der Waals surface area (Å²) in [6.07, 6.45) is 1.02. The molecule has 7 nitrogen and oxygen atoms in total. The van der Waals surface area contributed by atoms with E-state index in [1.54, 1.807) is 19.1 Å². The fourth-order valence-corrected chi connectivity index (χ4v) is 4.89. The van der Waals surface area contributed by atoms with Gasteiger partial charge in [-0.1, -0.05) is 29.3 Å². The van der Waals surface area contributed by atoms with Gasteiger partial charge in [0.1, 0.15) is 19.3 Å². The summed E-state index contributed by atoms with van der Waals surface area (Å²) in [5.74, 6) is 0.788. The van der Waals surface area contributed by atoms with Crippen LogP contribution in [0.15, 0.2) is 36.4 Å². The molecule has 3 rings (SSSR count). The van der Waals surface area contributed by atoms with E-state index >= 15 is 0 Å². The Morgan fingerprint density at radius 2 is 1.63 bits per heavy atom. The van der Waals surface area contributed by atoms with Gasteiger partial charge < -0.3 is 14.8 Å². The number of sulfonamides is 1. The molecule has 162 valence electrons. The highest BCUT2D eigenvalue weighted by molar-refractivity contribution is 7.92. The third kappa shape index (κ3) is 5.11. The Morgan fingerprint density at radius 3 is 2.23 bits per heavy atom. The van der Waals surface area contributed by atoms with E-state index in [-0.39, 0.29) is 21.8 Å². The molecule has 10 heteroatoms. The van der Waals surface area contributed by atoms with E-state index in [1.165, 1.54) is 25.1 Å². The second-order valence-electron chi connectivity index (χ2n) is 7.00. The molecule has 0 aliphatic carbocycles. The average Bonchev–Trinajstić information content (AvgIpc) is 2.65. The summed E-state index contributed by atoms with van der Waals surface area (Å²) >= 11 is 12.0. The van der Waals surface area contributed by atoms with Gasteiger partial charge in [0.15, 0.2) is 11.5 Å². The van der Waals surface area contributed by atoms with Crippen molar-refractivity contribution < 1.29 is 22.7 Å². The SMILES string of the molecule is C[C@H](C(=O)N[C@H](C)c1ccc2c(c1)OCCO2)N(c1cc(Cl)cc(Cl)c1)S(C)(=O)=O. The van der Waals surface area contributed by atoms with Crippen molar-refractivity contribution in [2.24, 2.45) is 0 Å². The summed E-state index contributed by atoms with van der Waals surface area (Å²) in [7, 11) is -3.79. The van der Waals surface area contributed by atoms with E-state index in [1.807, 2.05) is 6.07 Å². The third-order valence-corrected chi connectivity index (χ3v) is 6.29. The lowest BCUT2D eigenvalue weighted by Gasteiger charge is -2.29. The Hall–Kier alpha value is -2.16. The van der Waals surface area contributed by atoms with Crippen LogP contribution in [0.25, 0.3) is 0 Å². The monoisotopic (exact) mass is 472 g/mol. The minimum atomic E-state index is -3.79. The molecule has 0 saturated heterocycles. The highest BCUT2D eigenvalue weighted by Gasteiger charge is 2.30. The molecule has 2 atom stereocenters. The van der Waals surface area contributed by atoms with Crippen LogP contribution in [-0.2, 0) is 14.8 Å². The number of carbonyl (C=O) groups is 1. The second kappa shape index (κ2) is 8.91. The van der Waals surface area contributed by atoms with Gasteiger partial charge in [0, 0.05) is 10.0 Å². The molecular formula is C20H22Cl2N2O5S. The zero-order valence-electron chi connectivity index (χ0n) is 16.7. The number of carbonyl (C=O) groups excluding carboxylic acids is 1. The highest BCUT2D eigenvalue weighted by Crippen LogP contribution is 2.33. The summed E-state index contributed by atoms with van der Waals surface area (Å²) in [6, 6.07) is 8.37. The second-order valence-corrected chi connectivity index (χ2v) is 9.73. The van der Waals surface area contributed by atoms with Crippen molar-refractivity contribution in [3.05, 3.63) is 52.0 Å². The number of anilines is 1. The first-order valence-corrected chi connectivity index (χ1v) is 11.8. The van der Waals surface area contributed by atoms with E-state index in [2.05, 4.69) is 5.32 Å². The van der Waals surface area contributed by atoms with Gasteiger partial charge in [0.25, 0.3) is 0 Å². The van der Waals surface area contributed by atoms with Crippen LogP contribution in [0, 0.1) is 0 Å². The van der Waals surface area contributed by atoms with Crippen molar-refractivity contribution in [1.29, 1.82) is 0 Å². The summed E-state index contributed by atoms with van der Waals surface area (Å²) < 4.78 is 37.0. The van der Waals surface area contributed by atoms with Gasteiger partial charge in [0.05, 0.1) is 18.0 Å². The molecule has 2 aromatic carbocycles. The first kappa shape index (κ1) is 22.5. The predicted octanol–water partition coefficient (Wildman–Crippen LogP) is 3.80. The van der Waals surface area contributed by atoms with Crippen molar-refractivity contribution >= 4 is 44.8 Å². The van der Waals surface area contributed by atoms with Crippen LogP contribution < -0.4 is 19.1 Å². The van der Waals surface area contributed by atoms with Crippen molar-refractivity contribution in [3.63, 3.8) is 0 Å². The lowest BCUT2D eigenvalue weighted by atomic mass is 10.1. The van der Waals surface area contributed by atoms with Crippen LogP contribution in [0.1, 0.15) is 25.5 Å². The summed E-state index contributed by atoms with van der Waals surface area (Å²) in [5.41, 5.74) is 1.01. The minimum Gasteiger partial charge on any atom is -0.486 e. The molecule has 1 aliphatic rings. The van der Waals surface area contributed by atoms with E-state index in [0.717, 1.165) is 16.1 Å². The standard InChI is InChI=1S/C20H22Cl2N2O5S/c1-12(14-4-5-18-19(8-14)29-7-6-28-18)23-20(25)13(2)24(30(3,26)27)17-10-15(21)9-16(22)11-17/h4-5,8-13H,6-7H2,1-3H3,(H,23,25)/t12-,13-/m1/s1. The molecule has 0 saturated carbocycles. The van der Waals surface area contributed by atoms with Gasteiger partial charge in [-0.25, -0.2) is 8.42 Å². The maximum absolute atomic E-state index is 12.9. The number of ether oxygens (including phenoxy) is 2. The zero-order chi connectivity index (χ0) is 22.1. The molecule has 0 bridgehead atoms. The Morgan fingerprint density at radius 1 is 1.03 bits per heavy atom. The van der Waals surface area contributed by atoms with E-state index in [0.29, 0.717) is 24.7 Å². The molecule has 1 heterocycles. The topological polar surface area (TPSA) is 84.9 Å². The lowest BCUT2D eigenvalue weighted by Crippen LogP contribution is -2.48. The quantitative estimate of drug-likeness (QED) is 0.690. The number of halogens is 2. The minimum absolute atomic E-state index is 0.213. The van der Waals surface area contributed by atoms with Crippen LogP contribution in [0.3, 0.4) is 0 Å². The van der Waals surface area contributed by atoms with Gasteiger partial charge in [-0.3, -0.25) is 9.10 Å². The average molecular weight is 473 g/mol. The normalized spacial score (nSPS) is 15.2. The lowest BCUT2D eigenvalue weighted by molar-refractivity contribution is -0.122. The van der Waals surface area contributed by atoms with Gasteiger partial charge in [-0.05, 0) is 49.7 Å². The van der Waals surface area contributed by atoms with Gasteiger partial charge >= 0.3 is 0 Å². The van der Waals surface area contributed by atoms with Gasteiger partial charge in [-0.15, -0.1) is 0 Å². The molecule has 1 N–H and O–H groups in total. The molecule has 30 heavy (non-hydrogen) atoms. The molecule has 0 fully saturated rings. The fraction of sp³-hybridized carbons (Fsp3) is 0.350. The van der Waals surface area contributed by atoms with Gasteiger partial charge in [0.2, 0.25) is 15.9 Å². The summed E-state index contributed by atoms with van der Waals surface area (Å²) in [4.78, 5) is 12.9. The van der Waals surface area contributed by atoms with E-state index < -0.39 is 22.0 Å². The number of amides is 1. The Kier molecular flexibility index (Phi) is 6.69. The smallest absolute Gasteiger partial charge is 0.244 e. The van der Waals surface area contributed by atoms with E-state index in [4.69, 9.17) is 32.7 Å². The first-order valence-electron chi connectivity index (χ1n) is 9.21. The zero-order valence-corrected chi connectivity index (χ0v) is 19.0. The highest BCUT2D eigenvalue weighted by atomic mass is 35.5. The van der Waals surface area contributed by atoms with E-state index in [9.17, 15) is 13.2 Å². The van der Waals surface area contributed by atoms with Crippen molar-refractivity contribution in [2.75, 3.05) is 23.8 Å². The predicted molar refractivity (Wildman–Crippen MR) is 117 cm³/mol. The molecule has 0 radical (unpaired) electrons. The number of benzene rings is 2. The molecule has 0 spiro atoms. The summed E-state index contributed by atoms with van der Waals surface area (Å²) in [5, 5.41) is 3.38. The molecule has 0 aromatic heterocycles. The van der Waals surface area contributed by atoms with Crippen molar-refractivity contribution in [3.8, 4) is 11.5 Å². The maximum atomic E-state index is 12.9. The van der Waals surface area contributed by atoms with Crippen molar-refractivity contribution in [2.45, 2.75) is 25.9 Å².